The second-order valence-electron chi connectivity index (χ2n) is 5.97. The van der Waals surface area contributed by atoms with Crippen molar-refractivity contribution < 1.29 is 9.53 Å². The van der Waals surface area contributed by atoms with E-state index < -0.39 is 0 Å². The minimum atomic E-state index is -0.275. The van der Waals surface area contributed by atoms with Crippen LogP contribution in [0.15, 0.2) is 36.5 Å². The van der Waals surface area contributed by atoms with Crippen molar-refractivity contribution in [2.24, 2.45) is 0 Å². The van der Waals surface area contributed by atoms with Crippen LogP contribution >= 0.6 is 11.6 Å². The van der Waals surface area contributed by atoms with E-state index in [0.29, 0.717) is 22.2 Å². The van der Waals surface area contributed by atoms with E-state index in [0.717, 1.165) is 31.9 Å². The summed E-state index contributed by atoms with van der Waals surface area (Å²) >= 11 is 6.15. The first kappa shape index (κ1) is 17.5. The summed E-state index contributed by atoms with van der Waals surface area (Å²) in [5.74, 6) is 0.0192. The van der Waals surface area contributed by atoms with Crippen molar-refractivity contribution in [1.29, 1.82) is 0 Å². The lowest BCUT2D eigenvalue weighted by atomic mass is 10.2. The lowest BCUT2D eigenvalue weighted by Crippen LogP contribution is -2.44. The van der Waals surface area contributed by atoms with E-state index in [-0.39, 0.29) is 5.91 Å². The van der Waals surface area contributed by atoms with Crippen LogP contribution in [0.3, 0.4) is 0 Å². The first-order chi connectivity index (χ1) is 12.1. The molecule has 1 aromatic heterocycles. The van der Waals surface area contributed by atoms with Gasteiger partial charge in [-0.25, -0.2) is 4.98 Å². The summed E-state index contributed by atoms with van der Waals surface area (Å²) in [5.41, 5.74) is 2.04. The summed E-state index contributed by atoms with van der Waals surface area (Å²) in [5, 5.41) is 3.53. The third-order valence-electron chi connectivity index (χ3n) is 4.26. The Morgan fingerprint density at radius 2 is 2.00 bits per heavy atom. The number of hydrogen-bond donors (Lipinski definition) is 1. The van der Waals surface area contributed by atoms with Crippen LogP contribution in [0.5, 0.6) is 5.88 Å². The lowest BCUT2D eigenvalue weighted by Gasteiger charge is -2.35. The van der Waals surface area contributed by atoms with Crippen molar-refractivity contribution in [2.45, 2.75) is 0 Å². The number of likely N-dealkylation sites (N-methyl/N-ethyl adjacent to an activating group) is 1. The molecule has 6 nitrogen and oxygen atoms in total. The van der Waals surface area contributed by atoms with E-state index in [9.17, 15) is 4.79 Å². The van der Waals surface area contributed by atoms with Gasteiger partial charge < -0.3 is 19.9 Å². The van der Waals surface area contributed by atoms with Gasteiger partial charge in [-0.1, -0.05) is 11.6 Å². The number of hydrogen-bond acceptors (Lipinski definition) is 5. The number of piperazine rings is 1. The topological polar surface area (TPSA) is 57.7 Å². The fraction of sp³-hybridized carbons (Fsp3) is 0.333. The Hall–Kier alpha value is -2.31. The highest BCUT2D eigenvalue weighted by Crippen LogP contribution is 2.31. The summed E-state index contributed by atoms with van der Waals surface area (Å²) in [4.78, 5) is 21.3. The number of halogens is 1. The van der Waals surface area contributed by atoms with Crippen LogP contribution in [0.1, 0.15) is 10.4 Å². The summed E-state index contributed by atoms with van der Waals surface area (Å²) in [6.45, 7) is 3.76. The zero-order valence-corrected chi connectivity index (χ0v) is 15.1. The zero-order valence-electron chi connectivity index (χ0n) is 14.3. The second kappa shape index (κ2) is 7.72. The molecule has 7 heteroatoms. The monoisotopic (exact) mass is 360 g/mol. The van der Waals surface area contributed by atoms with Crippen LogP contribution in [0.25, 0.3) is 0 Å². The van der Waals surface area contributed by atoms with Crippen LogP contribution in [0.2, 0.25) is 5.02 Å². The van der Waals surface area contributed by atoms with Gasteiger partial charge >= 0.3 is 0 Å². The Bertz CT molecular complexity index is 760. The van der Waals surface area contributed by atoms with E-state index in [1.165, 1.54) is 7.11 Å². The third kappa shape index (κ3) is 4.03. The van der Waals surface area contributed by atoms with Gasteiger partial charge in [-0.2, -0.15) is 0 Å². The summed E-state index contributed by atoms with van der Waals surface area (Å²) in [6, 6.07) is 8.95. The molecule has 0 bridgehead atoms. The highest BCUT2D eigenvalue weighted by atomic mass is 35.5. The standard InChI is InChI=1S/C18H21ClN4O2/c1-22-8-10-23(11-9-22)16-6-5-13(19)12-15(16)21-17(24)14-4-3-7-20-18(14)25-2/h3-7,12H,8-11H2,1-2H3,(H,21,24). The summed E-state index contributed by atoms with van der Waals surface area (Å²) in [7, 11) is 3.60. The number of benzene rings is 1. The average Bonchev–Trinajstić information content (AvgIpc) is 2.63. The molecule has 1 aromatic carbocycles. The average molecular weight is 361 g/mol. The van der Waals surface area contributed by atoms with E-state index in [2.05, 4.69) is 27.1 Å². The van der Waals surface area contributed by atoms with Crippen molar-refractivity contribution in [3.05, 3.63) is 47.1 Å². The predicted octanol–water partition coefficient (Wildman–Crippen LogP) is 2.75. The van der Waals surface area contributed by atoms with Crippen molar-refractivity contribution in [3.8, 4) is 5.88 Å². The largest absolute Gasteiger partial charge is 0.480 e. The Balaban J connectivity index is 1.86. The molecule has 1 N–H and O–H groups in total. The van der Waals surface area contributed by atoms with Gasteiger partial charge in [-0.05, 0) is 37.4 Å². The highest BCUT2D eigenvalue weighted by molar-refractivity contribution is 6.31. The van der Waals surface area contributed by atoms with Gasteiger partial charge in [-0.15, -0.1) is 0 Å². The maximum absolute atomic E-state index is 12.7. The van der Waals surface area contributed by atoms with Crippen LogP contribution < -0.4 is 15.0 Å². The molecule has 1 amide bonds. The molecule has 1 aliphatic rings. The number of pyridine rings is 1. The fourth-order valence-electron chi connectivity index (χ4n) is 2.85. The molecule has 1 fully saturated rings. The molecule has 1 saturated heterocycles. The third-order valence-corrected chi connectivity index (χ3v) is 4.49. The molecule has 0 atom stereocenters. The lowest BCUT2D eigenvalue weighted by molar-refractivity contribution is 0.102. The van der Waals surface area contributed by atoms with Crippen LogP contribution in [-0.4, -0.2) is 56.1 Å². The Labute approximate surface area is 152 Å². The number of nitrogens with one attached hydrogen (secondary N) is 1. The molecule has 2 aromatic rings. The molecular weight excluding hydrogens is 340 g/mol. The van der Waals surface area contributed by atoms with Crippen molar-refractivity contribution in [2.75, 3.05) is 50.6 Å². The smallest absolute Gasteiger partial charge is 0.261 e. The molecule has 2 heterocycles. The molecule has 0 spiro atoms. The SMILES string of the molecule is COc1ncccc1C(=O)Nc1cc(Cl)ccc1N1CCN(C)CC1. The van der Waals surface area contributed by atoms with Crippen molar-refractivity contribution in [1.82, 2.24) is 9.88 Å². The van der Waals surface area contributed by atoms with Gasteiger partial charge in [0, 0.05) is 37.4 Å². The predicted molar refractivity (Wildman–Crippen MR) is 99.9 cm³/mol. The van der Waals surface area contributed by atoms with Gasteiger partial charge in [0.05, 0.1) is 18.5 Å². The zero-order chi connectivity index (χ0) is 17.8. The summed E-state index contributed by atoms with van der Waals surface area (Å²) < 4.78 is 5.17. The number of methoxy groups -OCH3 is 1. The number of anilines is 2. The molecule has 1 aliphatic heterocycles. The van der Waals surface area contributed by atoms with Gasteiger partial charge in [-0.3, -0.25) is 4.79 Å². The normalized spacial score (nSPS) is 15.1. The number of ether oxygens (including phenoxy) is 1. The fourth-order valence-corrected chi connectivity index (χ4v) is 3.02. The molecule has 0 saturated carbocycles. The first-order valence-corrected chi connectivity index (χ1v) is 8.49. The van der Waals surface area contributed by atoms with Crippen molar-refractivity contribution >= 4 is 28.9 Å². The Kier molecular flexibility index (Phi) is 5.40. The Morgan fingerprint density at radius 3 is 2.72 bits per heavy atom. The molecule has 132 valence electrons. The highest BCUT2D eigenvalue weighted by Gasteiger charge is 2.20. The van der Waals surface area contributed by atoms with E-state index in [1.807, 2.05) is 12.1 Å². The van der Waals surface area contributed by atoms with Gasteiger partial charge in [0.25, 0.3) is 5.91 Å². The van der Waals surface area contributed by atoms with Crippen LogP contribution in [0.4, 0.5) is 11.4 Å². The molecule has 0 radical (unpaired) electrons. The maximum Gasteiger partial charge on any atom is 0.261 e. The van der Waals surface area contributed by atoms with Crippen LogP contribution in [0, 0.1) is 0 Å². The maximum atomic E-state index is 12.7. The minimum Gasteiger partial charge on any atom is -0.480 e. The number of carbonyl (C=O) groups is 1. The van der Waals surface area contributed by atoms with E-state index >= 15 is 0 Å². The molecule has 25 heavy (non-hydrogen) atoms. The molecule has 3 rings (SSSR count). The number of carbonyl (C=O) groups excluding carboxylic acids is 1. The van der Waals surface area contributed by atoms with Crippen LogP contribution in [-0.2, 0) is 0 Å². The first-order valence-electron chi connectivity index (χ1n) is 8.12. The van der Waals surface area contributed by atoms with Crippen molar-refractivity contribution in [3.63, 3.8) is 0 Å². The quantitative estimate of drug-likeness (QED) is 0.908. The summed E-state index contributed by atoms with van der Waals surface area (Å²) in [6.07, 6.45) is 1.59. The van der Waals surface area contributed by atoms with Gasteiger partial charge in [0.2, 0.25) is 5.88 Å². The van der Waals surface area contributed by atoms with Gasteiger partial charge in [0.15, 0.2) is 0 Å². The molecule has 0 unspecified atom stereocenters. The number of rotatable bonds is 4. The molecular formula is C18H21ClN4O2. The molecule has 0 aliphatic carbocycles. The van der Waals surface area contributed by atoms with E-state index in [4.69, 9.17) is 16.3 Å². The number of aromatic nitrogens is 1. The Morgan fingerprint density at radius 1 is 1.24 bits per heavy atom. The second-order valence-corrected chi connectivity index (χ2v) is 6.40. The van der Waals surface area contributed by atoms with E-state index in [1.54, 1.807) is 24.4 Å². The van der Waals surface area contributed by atoms with Gasteiger partial charge in [0.1, 0.15) is 5.56 Å². The minimum absolute atomic E-state index is 0.275. The number of amides is 1. The number of nitrogens with zero attached hydrogens (tertiary/aromatic N) is 3.